The van der Waals surface area contributed by atoms with E-state index in [1.807, 2.05) is 0 Å². The molecule has 0 atom stereocenters. The lowest BCUT2D eigenvalue weighted by Gasteiger charge is -2.10. The summed E-state index contributed by atoms with van der Waals surface area (Å²) in [5, 5.41) is 0.595. The highest BCUT2D eigenvalue weighted by molar-refractivity contribution is 7.20. The topological polar surface area (TPSA) is 123 Å². The Morgan fingerprint density at radius 2 is 1.87 bits per heavy atom. The van der Waals surface area contributed by atoms with Gasteiger partial charge in [0.15, 0.2) is 30.5 Å². The maximum absolute atomic E-state index is 12.1. The highest BCUT2D eigenvalue weighted by Crippen LogP contribution is 2.33. The molecule has 0 saturated heterocycles. The van der Waals surface area contributed by atoms with Gasteiger partial charge in [-0.2, -0.15) is 0 Å². The summed E-state index contributed by atoms with van der Waals surface area (Å²) in [6.07, 6.45) is 0. The highest BCUT2D eigenvalue weighted by Gasteiger charge is 2.21. The van der Waals surface area contributed by atoms with Crippen LogP contribution < -0.4 is 15.2 Å². The predicted molar refractivity (Wildman–Crippen MR) is 111 cm³/mol. The van der Waals surface area contributed by atoms with Crippen LogP contribution in [0.3, 0.4) is 0 Å². The summed E-state index contributed by atoms with van der Waals surface area (Å²) in [6, 6.07) is 6.97. The predicted octanol–water partition coefficient (Wildman–Crippen LogP) is 2.89. The molecule has 0 aliphatic carbocycles. The van der Waals surface area contributed by atoms with Gasteiger partial charge in [-0.15, -0.1) is 11.3 Å². The molecule has 158 valence electrons. The summed E-state index contributed by atoms with van der Waals surface area (Å²) in [5.41, 5.74) is 6.71. The van der Waals surface area contributed by atoms with E-state index in [1.54, 1.807) is 38.1 Å². The Hall–Kier alpha value is -3.40. The third kappa shape index (κ3) is 4.60. The molecule has 1 aromatic carbocycles. The van der Waals surface area contributed by atoms with Gasteiger partial charge in [-0.05, 0) is 31.5 Å². The van der Waals surface area contributed by atoms with Crippen molar-refractivity contribution in [1.82, 2.24) is 9.97 Å². The molecule has 10 heteroatoms. The fourth-order valence-corrected chi connectivity index (χ4v) is 3.83. The van der Waals surface area contributed by atoms with Gasteiger partial charge in [0.05, 0.1) is 19.1 Å². The van der Waals surface area contributed by atoms with E-state index in [9.17, 15) is 9.59 Å². The number of para-hydroxylation sites is 2. The van der Waals surface area contributed by atoms with E-state index in [2.05, 4.69) is 9.97 Å². The number of esters is 2. The first-order valence-corrected chi connectivity index (χ1v) is 9.90. The van der Waals surface area contributed by atoms with Crippen LogP contribution in [0.25, 0.3) is 10.2 Å². The van der Waals surface area contributed by atoms with E-state index >= 15 is 0 Å². The van der Waals surface area contributed by atoms with Crippen LogP contribution in [-0.2, 0) is 20.9 Å². The van der Waals surface area contributed by atoms with Crippen LogP contribution in [0.2, 0.25) is 0 Å². The first kappa shape index (κ1) is 21.3. The van der Waals surface area contributed by atoms with Crippen LogP contribution in [0.15, 0.2) is 24.3 Å². The molecule has 2 heterocycles. The van der Waals surface area contributed by atoms with Gasteiger partial charge in [-0.3, -0.25) is 0 Å². The molecule has 0 saturated carbocycles. The number of aromatic nitrogens is 2. The fourth-order valence-electron chi connectivity index (χ4n) is 2.73. The lowest BCUT2D eigenvalue weighted by atomic mass is 10.2. The zero-order chi connectivity index (χ0) is 21.7. The van der Waals surface area contributed by atoms with Gasteiger partial charge in [-0.1, -0.05) is 12.1 Å². The number of nitrogens with zero attached hydrogens (tertiary/aromatic N) is 2. The number of benzene rings is 1. The zero-order valence-electron chi connectivity index (χ0n) is 16.8. The van der Waals surface area contributed by atoms with Gasteiger partial charge in [0, 0.05) is 0 Å². The molecule has 9 nitrogen and oxygen atoms in total. The number of rotatable bonds is 8. The second-order valence-electron chi connectivity index (χ2n) is 6.08. The summed E-state index contributed by atoms with van der Waals surface area (Å²) in [4.78, 5) is 33.6. The third-order valence-electron chi connectivity index (χ3n) is 4.10. The van der Waals surface area contributed by atoms with E-state index < -0.39 is 11.9 Å². The standard InChI is InChI=1S/C20H21N3O6S/c1-4-27-20(25)17-11(2)16-18(21)22-14(23-19(16)30-17)9-29-15(24)10-28-13-8-6-5-7-12(13)26-3/h5-8H,4,9-10H2,1-3H3,(H2,21,22,23). The van der Waals surface area contributed by atoms with Crippen molar-refractivity contribution in [1.29, 1.82) is 0 Å². The van der Waals surface area contributed by atoms with Gasteiger partial charge in [0.1, 0.15) is 15.5 Å². The van der Waals surface area contributed by atoms with Crippen molar-refractivity contribution in [2.45, 2.75) is 20.5 Å². The number of anilines is 1. The number of ether oxygens (including phenoxy) is 4. The third-order valence-corrected chi connectivity index (χ3v) is 5.27. The molecule has 0 aliphatic heterocycles. The number of nitrogen functional groups attached to an aromatic ring is 1. The van der Waals surface area contributed by atoms with Crippen molar-refractivity contribution in [3.63, 3.8) is 0 Å². The van der Waals surface area contributed by atoms with Crippen molar-refractivity contribution in [2.24, 2.45) is 0 Å². The Morgan fingerprint density at radius 3 is 2.57 bits per heavy atom. The number of nitrogens with two attached hydrogens (primary N) is 1. The van der Waals surface area contributed by atoms with Crippen molar-refractivity contribution in [2.75, 3.05) is 26.1 Å². The van der Waals surface area contributed by atoms with Crippen molar-refractivity contribution in [3.8, 4) is 11.5 Å². The maximum Gasteiger partial charge on any atom is 0.348 e. The molecule has 2 N–H and O–H groups in total. The number of hydrogen-bond donors (Lipinski definition) is 1. The molecule has 0 bridgehead atoms. The molecule has 30 heavy (non-hydrogen) atoms. The number of methoxy groups -OCH3 is 1. The monoisotopic (exact) mass is 431 g/mol. The number of thiophene rings is 1. The first-order valence-electron chi connectivity index (χ1n) is 9.08. The second kappa shape index (κ2) is 9.40. The summed E-state index contributed by atoms with van der Waals surface area (Å²) in [6.45, 7) is 3.29. The van der Waals surface area contributed by atoms with Crippen molar-refractivity contribution in [3.05, 3.63) is 40.5 Å². The van der Waals surface area contributed by atoms with Gasteiger partial charge in [-0.25, -0.2) is 19.6 Å². The average Bonchev–Trinajstić information content (AvgIpc) is 3.08. The summed E-state index contributed by atoms with van der Waals surface area (Å²) >= 11 is 1.16. The Morgan fingerprint density at radius 1 is 1.13 bits per heavy atom. The van der Waals surface area contributed by atoms with Crippen LogP contribution in [0.5, 0.6) is 11.5 Å². The first-order chi connectivity index (χ1) is 14.4. The maximum atomic E-state index is 12.1. The molecule has 0 fully saturated rings. The van der Waals surface area contributed by atoms with Crippen LogP contribution >= 0.6 is 11.3 Å². The lowest BCUT2D eigenvalue weighted by molar-refractivity contribution is -0.147. The molecular weight excluding hydrogens is 410 g/mol. The van der Waals surface area contributed by atoms with Gasteiger partial charge in [0.25, 0.3) is 0 Å². The van der Waals surface area contributed by atoms with Gasteiger partial charge < -0.3 is 24.7 Å². The van der Waals surface area contributed by atoms with Crippen LogP contribution in [0, 0.1) is 6.92 Å². The summed E-state index contributed by atoms with van der Waals surface area (Å²) in [5.74, 6) is 0.344. The van der Waals surface area contributed by atoms with E-state index in [0.29, 0.717) is 32.2 Å². The SMILES string of the molecule is CCOC(=O)c1sc2nc(COC(=O)COc3ccccc3OC)nc(N)c2c1C. The second-order valence-corrected chi connectivity index (χ2v) is 7.08. The minimum Gasteiger partial charge on any atom is -0.493 e. The summed E-state index contributed by atoms with van der Waals surface area (Å²) < 4.78 is 20.8. The van der Waals surface area contributed by atoms with E-state index in [1.165, 1.54) is 7.11 Å². The quantitative estimate of drug-likeness (QED) is 0.536. The molecule has 3 aromatic rings. The van der Waals surface area contributed by atoms with Gasteiger partial charge in [0.2, 0.25) is 0 Å². The lowest BCUT2D eigenvalue weighted by Crippen LogP contribution is -2.16. The fraction of sp³-hybridized carbons (Fsp3) is 0.300. The molecule has 0 unspecified atom stereocenters. The Labute approximate surface area is 176 Å². The molecule has 0 spiro atoms. The van der Waals surface area contributed by atoms with E-state index in [0.717, 1.165) is 11.3 Å². The molecular formula is C20H21N3O6S. The number of fused-ring (bicyclic) bond motifs is 1. The molecule has 0 radical (unpaired) electrons. The van der Waals surface area contributed by atoms with Crippen molar-refractivity contribution < 1.29 is 28.5 Å². The summed E-state index contributed by atoms with van der Waals surface area (Å²) in [7, 11) is 1.51. The minimum absolute atomic E-state index is 0.181. The number of hydrogen-bond acceptors (Lipinski definition) is 10. The molecule has 0 aliphatic rings. The van der Waals surface area contributed by atoms with E-state index in [4.69, 9.17) is 24.7 Å². The number of carbonyl (C=O) groups is 2. The highest BCUT2D eigenvalue weighted by atomic mass is 32.1. The minimum atomic E-state index is -0.599. The number of aryl methyl sites for hydroxylation is 1. The van der Waals surface area contributed by atoms with Crippen LogP contribution in [0.1, 0.15) is 28.0 Å². The van der Waals surface area contributed by atoms with Gasteiger partial charge >= 0.3 is 11.9 Å². The average molecular weight is 431 g/mol. The smallest absolute Gasteiger partial charge is 0.348 e. The Kier molecular flexibility index (Phi) is 6.68. The molecule has 3 rings (SSSR count). The Balaban J connectivity index is 1.67. The largest absolute Gasteiger partial charge is 0.493 e. The Bertz CT molecular complexity index is 1080. The van der Waals surface area contributed by atoms with Crippen LogP contribution in [0.4, 0.5) is 5.82 Å². The zero-order valence-corrected chi connectivity index (χ0v) is 17.6. The molecule has 0 amide bonds. The van der Waals surface area contributed by atoms with E-state index in [-0.39, 0.29) is 31.5 Å². The number of carbonyl (C=O) groups excluding carboxylic acids is 2. The molecule has 2 aromatic heterocycles. The van der Waals surface area contributed by atoms with Crippen molar-refractivity contribution >= 4 is 39.3 Å². The van der Waals surface area contributed by atoms with Crippen LogP contribution in [-0.4, -0.2) is 42.2 Å². The normalized spacial score (nSPS) is 10.6.